The summed E-state index contributed by atoms with van der Waals surface area (Å²) in [7, 11) is 0. The van der Waals surface area contributed by atoms with E-state index in [1.807, 2.05) is 0 Å². The van der Waals surface area contributed by atoms with Crippen LogP contribution in [0.2, 0.25) is 0 Å². The third kappa shape index (κ3) is 2.95. The van der Waals surface area contributed by atoms with Gasteiger partial charge in [-0.05, 0) is 74.7 Å². The molecule has 0 aromatic heterocycles. The Morgan fingerprint density at radius 2 is 1.67 bits per heavy atom. The average molecular weight is 243 g/mol. The predicted molar refractivity (Wildman–Crippen MR) is 77.0 cm³/mol. The molecule has 1 aliphatic carbocycles. The Kier molecular flexibility index (Phi) is 3.69. The van der Waals surface area contributed by atoms with E-state index in [1.54, 1.807) is 11.1 Å². The highest BCUT2D eigenvalue weighted by atomic mass is 15.1. The molecule has 0 radical (unpaired) electrons. The third-order valence-corrected chi connectivity index (χ3v) is 4.71. The van der Waals surface area contributed by atoms with Crippen LogP contribution in [0.15, 0.2) is 24.3 Å². The molecule has 1 saturated carbocycles. The van der Waals surface area contributed by atoms with E-state index in [1.165, 1.54) is 51.7 Å². The van der Waals surface area contributed by atoms with Gasteiger partial charge in [0.2, 0.25) is 0 Å². The molecule has 18 heavy (non-hydrogen) atoms. The van der Waals surface area contributed by atoms with Crippen LogP contribution in [0.1, 0.15) is 49.7 Å². The van der Waals surface area contributed by atoms with Crippen LogP contribution in [0.3, 0.4) is 0 Å². The maximum atomic E-state index is 2.58. The van der Waals surface area contributed by atoms with Crippen LogP contribution >= 0.6 is 0 Å². The van der Waals surface area contributed by atoms with E-state index in [0.29, 0.717) is 0 Å². The Hall–Kier alpha value is -0.820. The zero-order chi connectivity index (χ0) is 12.4. The summed E-state index contributed by atoms with van der Waals surface area (Å²) in [6.45, 7) is 6.11. The highest BCUT2D eigenvalue weighted by Crippen LogP contribution is 2.40. The minimum absolute atomic E-state index is 0.895. The van der Waals surface area contributed by atoms with E-state index >= 15 is 0 Å². The monoisotopic (exact) mass is 243 g/mol. The largest absolute Gasteiger partial charge is 0.304 e. The van der Waals surface area contributed by atoms with Crippen LogP contribution in [-0.2, 0) is 6.42 Å². The molecular formula is C17H25N. The first-order chi connectivity index (χ1) is 8.85. The maximum absolute atomic E-state index is 2.58. The van der Waals surface area contributed by atoms with Gasteiger partial charge in [-0.3, -0.25) is 0 Å². The van der Waals surface area contributed by atoms with Crippen molar-refractivity contribution < 1.29 is 0 Å². The lowest BCUT2D eigenvalue weighted by Crippen LogP contribution is -2.34. The molecule has 1 aromatic carbocycles. The van der Waals surface area contributed by atoms with Gasteiger partial charge in [-0.15, -0.1) is 0 Å². The van der Waals surface area contributed by atoms with E-state index in [2.05, 4.69) is 36.1 Å². The standard InChI is InChI=1S/C17H25N/c1-2-18-11-9-15(10-12-18)13-14-3-5-16(6-4-14)17-7-8-17/h3-6,15,17H,2,7-13H2,1H3. The second kappa shape index (κ2) is 5.44. The Morgan fingerprint density at radius 1 is 1.00 bits per heavy atom. The van der Waals surface area contributed by atoms with Crippen molar-refractivity contribution in [2.45, 2.75) is 44.9 Å². The fourth-order valence-corrected chi connectivity index (χ4v) is 3.18. The molecule has 3 rings (SSSR count). The number of nitrogens with zero attached hydrogens (tertiary/aromatic N) is 1. The molecule has 0 N–H and O–H groups in total. The quantitative estimate of drug-likeness (QED) is 0.776. The van der Waals surface area contributed by atoms with Gasteiger partial charge in [0.05, 0.1) is 0 Å². The minimum Gasteiger partial charge on any atom is -0.304 e. The molecule has 1 heteroatoms. The molecule has 0 spiro atoms. The maximum Gasteiger partial charge on any atom is -0.00161 e. The smallest absolute Gasteiger partial charge is 0.00161 e. The topological polar surface area (TPSA) is 3.24 Å². The predicted octanol–water partition coefficient (Wildman–Crippen LogP) is 3.84. The van der Waals surface area contributed by atoms with E-state index < -0.39 is 0 Å². The Bertz CT molecular complexity index is 369. The summed E-state index contributed by atoms with van der Waals surface area (Å²) >= 11 is 0. The van der Waals surface area contributed by atoms with Gasteiger partial charge < -0.3 is 4.90 Å². The Balaban J connectivity index is 1.53. The molecule has 1 nitrogen and oxygen atoms in total. The second-order valence-corrected chi connectivity index (χ2v) is 6.10. The van der Waals surface area contributed by atoms with Crippen LogP contribution in [0.4, 0.5) is 0 Å². The second-order valence-electron chi connectivity index (χ2n) is 6.10. The first kappa shape index (κ1) is 12.2. The van der Waals surface area contributed by atoms with Gasteiger partial charge in [0.25, 0.3) is 0 Å². The number of hydrogen-bond donors (Lipinski definition) is 0. The van der Waals surface area contributed by atoms with Gasteiger partial charge in [-0.1, -0.05) is 31.2 Å². The van der Waals surface area contributed by atoms with E-state index in [0.717, 1.165) is 11.8 Å². The van der Waals surface area contributed by atoms with Crippen molar-refractivity contribution in [1.82, 2.24) is 4.90 Å². The van der Waals surface area contributed by atoms with Crippen molar-refractivity contribution in [3.05, 3.63) is 35.4 Å². The Morgan fingerprint density at radius 3 is 2.22 bits per heavy atom. The lowest BCUT2D eigenvalue weighted by atomic mass is 9.90. The molecule has 0 bridgehead atoms. The van der Waals surface area contributed by atoms with Crippen molar-refractivity contribution in [2.75, 3.05) is 19.6 Å². The molecule has 0 unspecified atom stereocenters. The molecular weight excluding hydrogens is 218 g/mol. The zero-order valence-electron chi connectivity index (χ0n) is 11.6. The first-order valence-corrected chi connectivity index (χ1v) is 7.66. The van der Waals surface area contributed by atoms with Crippen molar-refractivity contribution in [1.29, 1.82) is 0 Å². The van der Waals surface area contributed by atoms with Crippen LogP contribution in [-0.4, -0.2) is 24.5 Å². The van der Waals surface area contributed by atoms with Crippen LogP contribution < -0.4 is 0 Å². The molecule has 1 aromatic rings. The summed E-state index contributed by atoms with van der Waals surface area (Å²) in [6, 6.07) is 9.49. The van der Waals surface area contributed by atoms with Gasteiger partial charge in [0.1, 0.15) is 0 Å². The number of benzene rings is 1. The van der Waals surface area contributed by atoms with E-state index in [-0.39, 0.29) is 0 Å². The van der Waals surface area contributed by atoms with Crippen molar-refractivity contribution in [2.24, 2.45) is 5.92 Å². The molecule has 1 heterocycles. The van der Waals surface area contributed by atoms with E-state index in [9.17, 15) is 0 Å². The van der Waals surface area contributed by atoms with Crippen molar-refractivity contribution >= 4 is 0 Å². The van der Waals surface area contributed by atoms with Crippen LogP contribution in [0.5, 0.6) is 0 Å². The van der Waals surface area contributed by atoms with Gasteiger partial charge in [-0.2, -0.15) is 0 Å². The van der Waals surface area contributed by atoms with Gasteiger partial charge in [0.15, 0.2) is 0 Å². The number of likely N-dealkylation sites (tertiary alicyclic amines) is 1. The Labute approximate surface area is 111 Å². The number of piperidine rings is 1. The van der Waals surface area contributed by atoms with Crippen LogP contribution in [0, 0.1) is 5.92 Å². The van der Waals surface area contributed by atoms with Crippen molar-refractivity contribution in [3.63, 3.8) is 0 Å². The lowest BCUT2D eigenvalue weighted by molar-refractivity contribution is 0.192. The number of hydrogen-bond acceptors (Lipinski definition) is 1. The highest BCUT2D eigenvalue weighted by Gasteiger charge is 2.23. The highest BCUT2D eigenvalue weighted by molar-refractivity contribution is 5.28. The molecule has 1 aliphatic heterocycles. The summed E-state index contributed by atoms with van der Waals surface area (Å²) in [5.41, 5.74) is 3.12. The molecule has 1 saturated heterocycles. The number of rotatable bonds is 4. The zero-order valence-corrected chi connectivity index (χ0v) is 11.6. The molecule has 0 amide bonds. The van der Waals surface area contributed by atoms with Gasteiger partial charge >= 0.3 is 0 Å². The molecule has 98 valence electrons. The summed E-state index contributed by atoms with van der Waals surface area (Å²) in [4.78, 5) is 2.58. The van der Waals surface area contributed by atoms with Gasteiger partial charge in [-0.25, -0.2) is 0 Å². The fraction of sp³-hybridized carbons (Fsp3) is 0.647. The summed E-state index contributed by atoms with van der Waals surface area (Å²) in [5.74, 6) is 1.81. The summed E-state index contributed by atoms with van der Waals surface area (Å²) in [6.07, 6.45) is 6.89. The lowest BCUT2D eigenvalue weighted by Gasteiger charge is -2.31. The average Bonchev–Trinajstić information content (AvgIpc) is 3.25. The van der Waals surface area contributed by atoms with E-state index in [4.69, 9.17) is 0 Å². The summed E-state index contributed by atoms with van der Waals surface area (Å²) in [5, 5.41) is 0. The SMILES string of the molecule is CCN1CCC(Cc2ccc(C3CC3)cc2)CC1. The normalized spacial score (nSPS) is 22.3. The minimum atomic E-state index is 0.895. The van der Waals surface area contributed by atoms with Crippen LogP contribution in [0.25, 0.3) is 0 Å². The summed E-state index contributed by atoms with van der Waals surface area (Å²) < 4.78 is 0. The van der Waals surface area contributed by atoms with Gasteiger partial charge in [0, 0.05) is 0 Å². The van der Waals surface area contributed by atoms with Crippen molar-refractivity contribution in [3.8, 4) is 0 Å². The fourth-order valence-electron chi connectivity index (χ4n) is 3.18. The first-order valence-electron chi connectivity index (χ1n) is 7.66. The molecule has 2 fully saturated rings. The molecule has 0 atom stereocenters. The molecule has 2 aliphatic rings. The third-order valence-electron chi connectivity index (χ3n) is 4.71.